The van der Waals surface area contributed by atoms with E-state index in [2.05, 4.69) is 24.7 Å². The number of rotatable bonds is 9. The van der Waals surface area contributed by atoms with Crippen molar-refractivity contribution in [1.29, 1.82) is 0 Å². The number of carboxylic acid groups (broad SMARTS) is 1. The molecular weight excluding hydrogens is 579 g/mol. The lowest BCUT2D eigenvalue weighted by molar-refractivity contribution is -0.138. The van der Waals surface area contributed by atoms with Crippen LogP contribution in [0.1, 0.15) is 31.2 Å². The topological polar surface area (TPSA) is 104 Å². The summed E-state index contributed by atoms with van der Waals surface area (Å²) in [4.78, 5) is 32.3. The van der Waals surface area contributed by atoms with E-state index < -0.39 is 5.97 Å². The average Bonchev–Trinajstić information content (AvgIpc) is 2.93. The second kappa shape index (κ2) is 13.1. The zero-order chi connectivity index (χ0) is 29.1. The predicted molar refractivity (Wildman–Crippen MR) is 160 cm³/mol. The molecule has 0 radical (unpaired) electrons. The van der Waals surface area contributed by atoms with Crippen LogP contribution in [0.4, 0.5) is 5.95 Å². The van der Waals surface area contributed by atoms with Crippen molar-refractivity contribution in [3.05, 3.63) is 58.3 Å². The number of hydrogen-bond donors (Lipinski definition) is 1. The van der Waals surface area contributed by atoms with Crippen molar-refractivity contribution in [1.82, 2.24) is 24.8 Å². The van der Waals surface area contributed by atoms with Crippen LogP contribution in [0.3, 0.4) is 0 Å². The van der Waals surface area contributed by atoms with Crippen molar-refractivity contribution in [2.24, 2.45) is 0 Å². The Morgan fingerprint density at radius 3 is 2.38 bits per heavy atom. The fourth-order valence-electron chi connectivity index (χ4n) is 5.85. The van der Waals surface area contributed by atoms with E-state index in [0.717, 1.165) is 76.3 Å². The number of benzene rings is 1. The first-order valence-electron chi connectivity index (χ1n) is 14.4. The Morgan fingerprint density at radius 2 is 1.71 bits per heavy atom. The van der Waals surface area contributed by atoms with E-state index in [4.69, 9.17) is 37.7 Å². The van der Waals surface area contributed by atoms with Gasteiger partial charge in [-0.1, -0.05) is 29.6 Å². The van der Waals surface area contributed by atoms with Crippen LogP contribution in [0, 0.1) is 0 Å². The number of piperidine rings is 1. The molecule has 5 heterocycles. The van der Waals surface area contributed by atoms with Crippen LogP contribution in [0.15, 0.2) is 42.7 Å². The molecule has 2 aromatic heterocycles. The number of likely N-dealkylation sites (tertiary alicyclic amines) is 1. The largest absolute Gasteiger partial charge is 0.481 e. The van der Waals surface area contributed by atoms with Crippen LogP contribution in [-0.4, -0.2) is 93.8 Å². The third-order valence-corrected chi connectivity index (χ3v) is 8.57. The highest BCUT2D eigenvalue weighted by Crippen LogP contribution is 2.31. The molecule has 3 aromatic rings. The van der Waals surface area contributed by atoms with E-state index in [-0.39, 0.29) is 12.5 Å². The molecule has 0 saturated carbocycles. The third-order valence-electron chi connectivity index (χ3n) is 8.14. The number of carboxylic acids is 1. The minimum atomic E-state index is -0.779. The van der Waals surface area contributed by atoms with E-state index in [9.17, 15) is 9.90 Å². The van der Waals surface area contributed by atoms with Gasteiger partial charge in [-0.2, -0.15) is 0 Å². The van der Waals surface area contributed by atoms with Gasteiger partial charge in [0.25, 0.3) is 0 Å². The smallest absolute Gasteiger partial charge is 0.304 e. The molecule has 42 heavy (non-hydrogen) atoms. The number of anilines is 1. The van der Waals surface area contributed by atoms with Gasteiger partial charge in [-0.05, 0) is 49.2 Å². The Morgan fingerprint density at radius 1 is 0.976 bits per heavy atom. The van der Waals surface area contributed by atoms with Gasteiger partial charge in [0.15, 0.2) is 5.75 Å². The lowest BCUT2D eigenvalue weighted by Crippen LogP contribution is -2.56. The maximum atomic E-state index is 11.5. The van der Waals surface area contributed by atoms with Crippen LogP contribution in [-0.2, 0) is 16.1 Å². The Hall–Kier alpha value is -3.02. The second-order valence-corrected chi connectivity index (χ2v) is 12.0. The highest BCUT2D eigenvalue weighted by Gasteiger charge is 2.29. The molecule has 0 bridgehead atoms. The monoisotopic (exact) mass is 612 g/mol. The Kier molecular flexibility index (Phi) is 9.06. The van der Waals surface area contributed by atoms with E-state index in [0.29, 0.717) is 45.9 Å². The average molecular weight is 614 g/mol. The highest BCUT2D eigenvalue weighted by atomic mass is 35.5. The van der Waals surface area contributed by atoms with Gasteiger partial charge in [-0.3, -0.25) is 14.6 Å². The standard InChI is InChI=1S/C30H34Cl2N6O4/c31-22-11-21(12-23(32)13-22)27-9-20(17-38-4-2-1-3-24(38)14-29(39)40)10-28(35-27)42-26-15-33-30(34-16-26)37-7-5-36(6-8-37)25-18-41-19-25/h9-13,15-16,24-25H,1-8,14,17-19H2,(H,39,40). The zero-order valence-electron chi connectivity index (χ0n) is 23.3. The van der Waals surface area contributed by atoms with Crippen molar-refractivity contribution in [2.45, 2.75) is 44.3 Å². The molecule has 6 rings (SSSR count). The number of aliphatic carboxylic acids is 1. The van der Waals surface area contributed by atoms with Crippen LogP contribution in [0.2, 0.25) is 10.0 Å². The number of piperazine rings is 1. The van der Waals surface area contributed by atoms with E-state index in [1.807, 2.05) is 24.3 Å². The molecular formula is C30H34Cl2N6O4. The number of pyridine rings is 1. The molecule has 0 aliphatic carbocycles. The van der Waals surface area contributed by atoms with Gasteiger partial charge < -0.3 is 19.5 Å². The summed E-state index contributed by atoms with van der Waals surface area (Å²) in [5, 5.41) is 10.5. The summed E-state index contributed by atoms with van der Waals surface area (Å²) < 4.78 is 11.5. The van der Waals surface area contributed by atoms with E-state index in [1.54, 1.807) is 18.5 Å². The van der Waals surface area contributed by atoms with Crippen molar-refractivity contribution >= 4 is 35.1 Å². The van der Waals surface area contributed by atoms with Crippen molar-refractivity contribution < 1.29 is 19.4 Å². The summed E-state index contributed by atoms with van der Waals surface area (Å²) in [6.45, 7) is 6.73. The fraction of sp³-hybridized carbons (Fsp3) is 0.467. The Bertz CT molecular complexity index is 1380. The minimum absolute atomic E-state index is 0.0114. The molecule has 10 nitrogen and oxygen atoms in total. The van der Waals surface area contributed by atoms with Gasteiger partial charge >= 0.3 is 5.97 Å². The molecule has 1 N–H and O–H groups in total. The molecule has 3 aliphatic heterocycles. The Balaban J connectivity index is 1.21. The molecule has 3 fully saturated rings. The van der Waals surface area contributed by atoms with E-state index in [1.165, 1.54) is 0 Å². The van der Waals surface area contributed by atoms with Crippen LogP contribution >= 0.6 is 23.2 Å². The summed E-state index contributed by atoms with van der Waals surface area (Å²) in [6.07, 6.45) is 6.41. The molecule has 0 spiro atoms. The van der Waals surface area contributed by atoms with E-state index >= 15 is 0 Å². The summed E-state index contributed by atoms with van der Waals surface area (Å²) in [5.74, 6) is 0.763. The molecule has 1 aromatic carbocycles. The normalized spacial score (nSPS) is 20.3. The zero-order valence-corrected chi connectivity index (χ0v) is 24.8. The maximum absolute atomic E-state index is 11.5. The van der Waals surface area contributed by atoms with Gasteiger partial charge in [0.2, 0.25) is 11.8 Å². The minimum Gasteiger partial charge on any atom is -0.481 e. The molecule has 12 heteroatoms. The SMILES string of the molecule is O=C(O)CC1CCCCN1Cc1cc(Oc2cnc(N3CCN(C4COC4)CC3)nc2)nc(-c2cc(Cl)cc(Cl)c2)c1. The van der Waals surface area contributed by atoms with Gasteiger partial charge in [-0.25, -0.2) is 15.0 Å². The molecule has 1 unspecified atom stereocenters. The summed E-state index contributed by atoms with van der Waals surface area (Å²) in [5.41, 5.74) is 2.38. The third kappa shape index (κ3) is 7.12. The predicted octanol–water partition coefficient (Wildman–Crippen LogP) is 4.99. The number of ether oxygens (including phenoxy) is 2. The molecule has 3 saturated heterocycles. The summed E-state index contributed by atoms with van der Waals surface area (Å²) in [6, 6.07) is 9.70. The maximum Gasteiger partial charge on any atom is 0.304 e. The van der Waals surface area contributed by atoms with Gasteiger partial charge in [0, 0.05) is 60.4 Å². The molecule has 1 atom stereocenters. The van der Waals surface area contributed by atoms with Gasteiger partial charge in [0.05, 0.1) is 43.8 Å². The lowest BCUT2D eigenvalue weighted by Gasteiger charge is -2.42. The number of nitrogens with zero attached hydrogens (tertiary/aromatic N) is 6. The van der Waals surface area contributed by atoms with Crippen molar-refractivity contribution in [3.8, 4) is 22.9 Å². The number of hydrogen-bond acceptors (Lipinski definition) is 9. The van der Waals surface area contributed by atoms with Gasteiger partial charge in [-0.15, -0.1) is 0 Å². The van der Waals surface area contributed by atoms with Crippen LogP contribution < -0.4 is 9.64 Å². The summed E-state index contributed by atoms with van der Waals surface area (Å²) in [7, 11) is 0. The fourth-order valence-corrected chi connectivity index (χ4v) is 6.38. The number of carbonyl (C=O) groups is 1. The second-order valence-electron chi connectivity index (χ2n) is 11.1. The number of aromatic nitrogens is 3. The number of halogens is 2. The van der Waals surface area contributed by atoms with Crippen LogP contribution in [0.25, 0.3) is 11.3 Å². The van der Waals surface area contributed by atoms with Gasteiger partial charge in [0.1, 0.15) is 0 Å². The van der Waals surface area contributed by atoms with Crippen molar-refractivity contribution in [2.75, 3.05) is 50.8 Å². The quantitative estimate of drug-likeness (QED) is 0.355. The van der Waals surface area contributed by atoms with Crippen LogP contribution in [0.5, 0.6) is 11.6 Å². The first-order chi connectivity index (χ1) is 20.4. The molecule has 222 valence electrons. The first-order valence-corrected chi connectivity index (χ1v) is 15.1. The lowest BCUT2D eigenvalue weighted by atomic mass is 9.98. The Labute approximate surface area is 255 Å². The molecule has 0 amide bonds. The van der Waals surface area contributed by atoms with Crippen molar-refractivity contribution in [3.63, 3.8) is 0 Å². The first kappa shape index (κ1) is 29.1. The highest BCUT2D eigenvalue weighted by molar-refractivity contribution is 6.35. The molecule has 3 aliphatic rings. The summed E-state index contributed by atoms with van der Waals surface area (Å²) >= 11 is 12.6.